The van der Waals surface area contributed by atoms with Crippen LogP contribution in [-0.2, 0) is 14.3 Å². The van der Waals surface area contributed by atoms with Crippen molar-refractivity contribution in [2.75, 3.05) is 13.7 Å². The van der Waals surface area contributed by atoms with E-state index in [1.54, 1.807) is 24.3 Å². The van der Waals surface area contributed by atoms with E-state index < -0.39 is 35.1 Å². The van der Waals surface area contributed by atoms with E-state index in [9.17, 15) is 24.6 Å². The van der Waals surface area contributed by atoms with Gasteiger partial charge in [0.2, 0.25) is 0 Å². The quantitative estimate of drug-likeness (QED) is 0.479. The zero-order valence-corrected chi connectivity index (χ0v) is 14.3. The molecule has 0 fully saturated rings. The molecule has 2 rings (SSSR count). The van der Waals surface area contributed by atoms with E-state index in [4.69, 9.17) is 4.74 Å². The fourth-order valence-electron chi connectivity index (χ4n) is 2.95. The summed E-state index contributed by atoms with van der Waals surface area (Å²) in [5, 5.41) is 24.6. The van der Waals surface area contributed by atoms with Gasteiger partial charge in [0.1, 0.15) is 0 Å². The van der Waals surface area contributed by atoms with Gasteiger partial charge in [0.15, 0.2) is 5.78 Å². The van der Waals surface area contributed by atoms with Gasteiger partial charge >= 0.3 is 0 Å². The lowest BCUT2D eigenvalue weighted by molar-refractivity contribution is -0.322. The van der Waals surface area contributed by atoms with Gasteiger partial charge < -0.3 is 24.5 Å². The third kappa shape index (κ3) is 3.65. The van der Waals surface area contributed by atoms with Crippen LogP contribution in [0.4, 0.5) is 0 Å². The highest BCUT2D eigenvalue weighted by molar-refractivity contribution is 6.10. The van der Waals surface area contributed by atoms with Crippen LogP contribution in [0.1, 0.15) is 23.2 Å². The van der Waals surface area contributed by atoms with Crippen LogP contribution in [-0.4, -0.2) is 31.4 Å². The van der Waals surface area contributed by atoms with Gasteiger partial charge in [-0.05, 0) is 22.8 Å². The third-order valence-electron chi connectivity index (χ3n) is 4.50. The van der Waals surface area contributed by atoms with Gasteiger partial charge in [-0.2, -0.15) is 0 Å². The highest BCUT2D eigenvalue weighted by Gasteiger charge is 2.38. The smallest absolute Gasteiger partial charge is 0.164 e. The van der Waals surface area contributed by atoms with Crippen LogP contribution in [0.3, 0.4) is 0 Å². The zero-order chi connectivity index (χ0) is 19.3. The van der Waals surface area contributed by atoms with Crippen molar-refractivity contribution in [3.63, 3.8) is 0 Å². The molecule has 136 valence electrons. The Morgan fingerprint density at radius 3 is 2.35 bits per heavy atom. The van der Waals surface area contributed by atoms with Gasteiger partial charge in [0, 0.05) is 31.1 Å². The molecule has 6 nitrogen and oxygen atoms in total. The lowest BCUT2D eigenvalue weighted by Gasteiger charge is -2.36. The summed E-state index contributed by atoms with van der Waals surface area (Å²) in [7, 11) is 1.34. The number of hydrogen-bond donors (Lipinski definition) is 0. The summed E-state index contributed by atoms with van der Waals surface area (Å²) in [6, 6.07) is 12.2. The molecule has 0 saturated heterocycles. The largest absolute Gasteiger partial charge is 0.549 e. The summed E-state index contributed by atoms with van der Waals surface area (Å²) < 4.78 is 4.88. The number of methoxy groups -OCH3 is 1. The van der Waals surface area contributed by atoms with Crippen molar-refractivity contribution in [3.05, 3.63) is 60.2 Å². The molecule has 0 spiro atoms. The summed E-state index contributed by atoms with van der Waals surface area (Å²) in [5.41, 5.74) is -2.51. The number of rotatable bonds is 9. The Labute approximate surface area is 150 Å². The van der Waals surface area contributed by atoms with Crippen molar-refractivity contribution in [1.82, 2.24) is 0 Å². The fraction of sp³-hybridized carbons (Fsp3) is 0.250. The summed E-state index contributed by atoms with van der Waals surface area (Å²) >= 11 is 0. The molecule has 0 amide bonds. The van der Waals surface area contributed by atoms with Crippen molar-refractivity contribution < 1.29 is 29.3 Å². The predicted molar refractivity (Wildman–Crippen MR) is 91.0 cm³/mol. The van der Waals surface area contributed by atoms with Gasteiger partial charge in [0.25, 0.3) is 0 Å². The molecule has 0 bridgehead atoms. The average Bonchev–Trinajstić information content (AvgIpc) is 2.63. The molecular weight excluding hydrogens is 336 g/mol. The lowest BCUT2D eigenvalue weighted by Crippen LogP contribution is -2.49. The molecule has 0 N–H and O–H groups in total. The van der Waals surface area contributed by atoms with Crippen LogP contribution in [0.5, 0.6) is 0 Å². The minimum atomic E-state index is -2.11. The Hall–Kier alpha value is -2.99. The first-order chi connectivity index (χ1) is 12.3. The van der Waals surface area contributed by atoms with E-state index in [-0.39, 0.29) is 13.0 Å². The maximum absolute atomic E-state index is 12.9. The molecule has 0 heterocycles. The van der Waals surface area contributed by atoms with E-state index in [0.717, 1.165) is 5.39 Å². The summed E-state index contributed by atoms with van der Waals surface area (Å²) in [4.78, 5) is 36.0. The molecule has 2 aromatic carbocycles. The SMILES string of the molecule is C=C(C(=O)[O-])C(CCOC)(CC(=O)c1cccc2ccccc12)C(=O)[O-]. The number of aliphatic carboxylic acids is 2. The summed E-state index contributed by atoms with van der Waals surface area (Å²) in [6.07, 6.45) is -0.880. The second-order valence-corrected chi connectivity index (χ2v) is 6.01. The fourth-order valence-corrected chi connectivity index (χ4v) is 2.95. The molecule has 0 saturated carbocycles. The minimum absolute atomic E-state index is 0.0803. The molecule has 6 heteroatoms. The van der Waals surface area contributed by atoms with Crippen LogP contribution in [0.25, 0.3) is 10.8 Å². The van der Waals surface area contributed by atoms with E-state index in [0.29, 0.717) is 10.9 Å². The molecule has 0 aromatic heterocycles. The molecule has 1 unspecified atom stereocenters. The number of fused-ring (bicyclic) bond motifs is 1. The van der Waals surface area contributed by atoms with E-state index in [2.05, 4.69) is 6.58 Å². The molecule has 0 radical (unpaired) electrons. The number of ketones is 1. The van der Waals surface area contributed by atoms with Crippen LogP contribution in [0.15, 0.2) is 54.6 Å². The van der Waals surface area contributed by atoms with E-state index >= 15 is 0 Å². The molecular formula is C20H18O6-2. The van der Waals surface area contributed by atoms with Crippen molar-refractivity contribution in [2.24, 2.45) is 5.41 Å². The highest BCUT2D eigenvalue weighted by atomic mass is 16.5. The Morgan fingerprint density at radius 2 is 1.73 bits per heavy atom. The average molecular weight is 354 g/mol. The number of carboxylic acid groups (broad SMARTS) is 2. The predicted octanol–water partition coefficient (Wildman–Crippen LogP) is 0.491. The van der Waals surface area contributed by atoms with Gasteiger partial charge in [-0.25, -0.2) is 0 Å². The molecule has 0 aliphatic carbocycles. The maximum atomic E-state index is 12.9. The van der Waals surface area contributed by atoms with Crippen LogP contribution >= 0.6 is 0 Å². The van der Waals surface area contributed by atoms with Crippen molar-refractivity contribution in [3.8, 4) is 0 Å². The number of carbonyl (C=O) groups excluding carboxylic acids is 3. The molecule has 2 aromatic rings. The van der Waals surface area contributed by atoms with Crippen molar-refractivity contribution in [2.45, 2.75) is 12.8 Å². The summed E-state index contributed by atoms with van der Waals surface area (Å²) in [6.45, 7) is 3.24. The highest BCUT2D eigenvalue weighted by Crippen LogP contribution is 2.36. The first-order valence-corrected chi connectivity index (χ1v) is 7.95. The lowest BCUT2D eigenvalue weighted by atomic mass is 9.73. The Morgan fingerprint density at radius 1 is 1.08 bits per heavy atom. The number of carbonyl (C=O) groups is 3. The maximum Gasteiger partial charge on any atom is 0.164 e. The number of carboxylic acids is 2. The summed E-state index contributed by atoms with van der Waals surface area (Å²) in [5.74, 6) is -3.96. The molecule has 1 atom stereocenters. The van der Waals surface area contributed by atoms with E-state index in [1.165, 1.54) is 7.11 Å². The third-order valence-corrected chi connectivity index (χ3v) is 4.50. The topological polar surface area (TPSA) is 107 Å². The van der Waals surface area contributed by atoms with Gasteiger partial charge in [-0.15, -0.1) is 0 Å². The number of ether oxygens (including phenoxy) is 1. The van der Waals surface area contributed by atoms with Crippen LogP contribution in [0.2, 0.25) is 0 Å². The van der Waals surface area contributed by atoms with Crippen molar-refractivity contribution in [1.29, 1.82) is 0 Å². The molecule has 26 heavy (non-hydrogen) atoms. The minimum Gasteiger partial charge on any atom is -0.549 e. The Kier molecular flexibility index (Phi) is 5.90. The number of hydrogen-bond acceptors (Lipinski definition) is 6. The monoisotopic (exact) mass is 354 g/mol. The number of benzene rings is 2. The zero-order valence-electron chi connectivity index (χ0n) is 14.3. The van der Waals surface area contributed by atoms with Gasteiger partial charge in [0.05, 0.1) is 11.9 Å². The number of Topliss-reactive ketones (excluding diaryl/α,β-unsaturated/α-hetero) is 1. The normalized spacial score (nSPS) is 13.1. The standard InChI is InChI=1S/C20H20O6/c1-13(18(22)23)20(19(24)25,10-11-26-2)12-17(21)16-9-5-7-14-6-3-4-8-15(14)16/h3-9H,1,10-12H2,2H3,(H,22,23)(H,24,25)/p-2. The van der Waals surface area contributed by atoms with Gasteiger partial charge in [-0.3, -0.25) is 4.79 Å². The Bertz CT molecular complexity index is 864. The second kappa shape index (κ2) is 7.93. The van der Waals surface area contributed by atoms with Crippen molar-refractivity contribution >= 4 is 28.5 Å². The molecule has 0 aliphatic rings. The first-order valence-electron chi connectivity index (χ1n) is 7.95. The van der Waals surface area contributed by atoms with Crippen LogP contribution < -0.4 is 10.2 Å². The van der Waals surface area contributed by atoms with Crippen LogP contribution in [0, 0.1) is 5.41 Å². The first kappa shape index (κ1) is 19.3. The molecule has 0 aliphatic heterocycles. The van der Waals surface area contributed by atoms with Gasteiger partial charge in [-0.1, -0.05) is 49.0 Å². The second-order valence-electron chi connectivity index (χ2n) is 6.01. The Balaban J connectivity index is 2.49. The van der Waals surface area contributed by atoms with E-state index in [1.807, 2.05) is 18.2 Å².